The number of rotatable bonds is 9. The highest BCUT2D eigenvalue weighted by molar-refractivity contribution is 7.89. The number of carbonyl (C=O) groups excluding carboxylic acids is 1. The molecule has 2 aromatic carbocycles. The second-order valence-electron chi connectivity index (χ2n) is 6.20. The minimum absolute atomic E-state index is 0.0585. The minimum atomic E-state index is -3.74. The molecule has 2 aromatic rings. The van der Waals surface area contributed by atoms with E-state index in [4.69, 9.17) is 16.3 Å². The number of halogens is 2. The van der Waals surface area contributed by atoms with Crippen molar-refractivity contribution in [2.45, 2.75) is 17.7 Å². The van der Waals surface area contributed by atoms with Crippen molar-refractivity contribution in [3.05, 3.63) is 58.9 Å². The van der Waals surface area contributed by atoms with E-state index in [-0.39, 0.29) is 27.2 Å². The molecule has 0 aliphatic carbocycles. The summed E-state index contributed by atoms with van der Waals surface area (Å²) in [5.74, 6) is -0.119. The summed E-state index contributed by atoms with van der Waals surface area (Å²) in [6, 6.07) is 9.89. The lowest BCUT2D eigenvalue weighted by atomic mass is 10.2. The van der Waals surface area contributed by atoms with Crippen molar-refractivity contribution in [2.75, 3.05) is 27.2 Å². The van der Waals surface area contributed by atoms with Crippen molar-refractivity contribution < 1.29 is 22.3 Å². The molecule has 0 aromatic heterocycles. The molecule has 9 heteroatoms. The summed E-state index contributed by atoms with van der Waals surface area (Å²) in [5.41, 5.74) is 0.215. The number of hydrogen-bond donors (Lipinski definition) is 1. The van der Waals surface area contributed by atoms with Crippen LogP contribution in [0.25, 0.3) is 0 Å². The number of nitrogens with zero attached hydrogens (tertiary/aromatic N) is 1. The molecule has 28 heavy (non-hydrogen) atoms. The van der Waals surface area contributed by atoms with E-state index in [1.807, 2.05) is 0 Å². The number of amides is 1. The first-order chi connectivity index (χ1) is 13.2. The van der Waals surface area contributed by atoms with Crippen LogP contribution in [0.4, 0.5) is 4.39 Å². The normalized spacial score (nSPS) is 11.5. The second kappa shape index (κ2) is 9.86. The van der Waals surface area contributed by atoms with E-state index < -0.39 is 10.0 Å². The highest BCUT2D eigenvalue weighted by atomic mass is 35.5. The lowest BCUT2D eigenvalue weighted by Crippen LogP contribution is -2.26. The van der Waals surface area contributed by atoms with Crippen LogP contribution in [0.5, 0.6) is 5.75 Å². The van der Waals surface area contributed by atoms with E-state index in [9.17, 15) is 17.6 Å². The van der Waals surface area contributed by atoms with Gasteiger partial charge in [-0.25, -0.2) is 17.1 Å². The Hall–Kier alpha value is -2.16. The Bertz CT molecular complexity index is 918. The third-order valence-corrected chi connectivity index (χ3v) is 6.19. The summed E-state index contributed by atoms with van der Waals surface area (Å²) in [6.45, 7) is 0.845. The maximum atomic E-state index is 12.8. The van der Waals surface area contributed by atoms with Crippen LogP contribution >= 0.6 is 11.6 Å². The Kier molecular flexibility index (Phi) is 7.79. The standard InChI is InChI=1S/C19H22ClFN2O4S/c1-23(2)28(25,26)18-13-14(5-10-17(18)20)19(24)22-11-3-4-12-27-16-8-6-15(21)7-9-16/h5-10,13H,3-4,11-12H2,1-2H3,(H,22,24). The molecule has 152 valence electrons. The van der Waals surface area contributed by atoms with Crippen molar-refractivity contribution in [3.8, 4) is 5.75 Å². The first kappa shape index (κ1) is 22.1. The largest absolute Gasteiger partial charge is 0.494 e. The zero-order chi connectivity index (χ0) is 20.7. The summed E-state index contributed by atoms with van der Waals surface area (Å²) in [7, 11) is -0.953. The van der Waals surface area contributed by atoms with Gasteiger partial charge in [0, 0.05) is 26.2 Å². The van der Waals surface area contributed by atoms with E-state index in [0.29, 0.717) is 31.7 Å². The molecule has 0 bridgehead atoms. The Morgan fingerprint density at radius 3 is 2.46 bits per heavy atom. The molecule has 0 radical (unpaired) electrons. The maximum absolute atomic E-state index is 12.8. The molecular formula is C19H22ClFN2O4S. The molecule has 2 rings (SSSR count). The van der Waals surface area contributed by atoms with Crippen LogP contribution in [0.15, 0.2) is 47.4 Å². The predicted octanol–water partition coefficient (Wildman–Crippen LogP) is 3.32. The van der Waals surface area contributed by atoms with Crippen molar-refractivity contribution in [3.63, 3.8) is 0 Å². The summed E-state index contributed by atoms with van der Waals surface area (Å²) >= 11 is 5.98. The SMILES string of the molecule is CN(C)S(=O)(=O)c1cc(C(=O)NCCCCOc2ccc(F)cc2)ccc1Cl. The van der Waals surface area contributed by atoms with E-state index in [0.717, 1.165) is 4.31 Å². The Labute approximate surface area is 169 Å². The average molecular weight is 429 g/mol. The smallest absolute Gasteiger partial charge is 0.251 e. The Morgan fingerprint density at radius 2 is 1.82 bits per heavy atom. The number of benzene rings is 2. The third kappa shape index (κ3) is 5.92. The summed E-state index contributed by atoms with van der Waals surface area (Å²) in [4.78, 5) is 12.2. The van der Waals surface area contributed by atoms with Gasteiger partial charge in [0.25, 0.3) is 5.91 Å². The Morgan fingerprint density at radius 1 is 1.14 bits per heavy atom. The molecule has 0 unspecified atom stereocenters. The van der Waals surface area contributed by atoms with Crippen molar-refractivity contribution in [1.29, 1.82) is 0 Å². The van der Waals surface area contributed by atoms with Crippen LogP contribution in [-0.4, -0.2) is 45.9 Å². The molecule has 0 aliphatic heterocycles. The van der Waals surface area contributed by atoms with Gasteiger partial charge in [-0.3, -0.25) is 4.79 Å². The highest BCUT2D eigenvalue weighted by Gasteiger charge is 2.22. The predicted molar refractivity (Wildman–Crippen MR) is 106 cm³/mol. The second-order valence-corrected chi connectivity index (χ2v) is 8.73. The van der Waals surface area contributed by atoms with Crippen LogP contribution in [0.2, 0.25) is 5.02 Å². The minimum Gasteiger partial charge on any atom is -0.494 e. The first-order valence-electron chi connectivity index (χ1n) is 8.60. The van der Waals surface area contributed by atoms with Crippen LogP contribution in [-0.2, 0) is 10.0 Å². The van der Waals surface area contributed by atoms with E-state index in [1.54, 1.807) is 12.1 Å². The molecule has 0 fully saturated rings. The maximum Gasteiger partial charge on any atom is 0.251 e. The number of carbonyl (C=O) groups is 1. The number of hydrogen-bond acceptors (Lipinski definition) is 4. The van der Waals surface area contributed by atoms with Crippen molar-refractivity contribution in [2.24, 2.45) is 0 Å². The molecule has 0 heterocycles. The van der Waals surface area contributed by atoms with E-state index in [1.165, 1.54) is 44.4 Å². The quantitative estimate of drug-likeness (QED) is 0.621. The van der Waals surface area contributed by atoms with Gasteiger partial charge in [0.15, 0.2) is 0 Å². The first-order valence-corrected chi connectivity index (χ1v) is 10.4. The van der Waals surface area contributed by atoms with Crippen LogP contribution in [0.3, 0.4) is 0 Å². The zero-order valence-electron chi connectivity index (χ0n) is 15.6. The third-order valence-electron chi connectivity index (χ3n) is 3.89. The summed E-state index contributed by atoms with van der Waals surface area (Å²) < 4.78 is 43.9. The van der Waals surface area contributed by atoms with Crippen LogP contribution in [0.1, 0.15) is 23.2 Å². The molecule has 0 saturated heterocycles. The van der Waals surface area contributed by atoms with Gasteiger partial charge in [0.2, 0.25) is 10.0 Å². The average Bonchev–Trinajstić information content (AvgIpc) is 2.65. The monoisotopic (exact) mass is 428 g/mol. The van der Waals surface area contributed by atoms with Gasteiger partial charge in [0.1, 0.15) is 16.5 Å². The number of ether oxygens (including phenoxy) is 1. The fraction of sp³-hybridized carbons (Fsp3) is 0.316. The van der Waals surface area contributed by atoms with Gasteiger partial charge in [-0.1, -0.05) is 11.6 Å². The fourth-order valence-corrected chi connectivity index (χ4v) is 3.68. The highest BCUT2D eigenvalue weighted by Crippen LogP contribution is 2.24. The van der Waals surface area contributed by atoms with Crippen molar-refractivity contribution >= 4 is 27.5 Å². The van der Waals surface area contributed by atoms with E-state index in [2.05, 4.69) is 5.32 Å². The number of sulfonamides is 1. The van der Waals surface area contributed by atoms with Crippen LogP contribution < -0.4 is 10.1 Å². The van der Waals surface area contributed by atoms with Crippen molar-refractivity contribution in [1.82, 2.24) is 9.62 Å². The van der Waals surface area contributed by atoms with Gasteiger partial charge in [-0.2, -0.15) is 0 Å². The Balaban J connectivity index is 1.82. The molecule has 0 atom stereocenters. The molecule has 0 spiro atoms. The number of nitrogens with one attached hydrogen (secondary N) is 1. The molecule has 0 aliphatic rings. The molecule has 6 nitrogen and oxygen atoms in total. The van der Waals surface area contributed by atoms with E-state index >= 15 is 0 Å². The van der Waals surface area contributed by atoms with Gasteiger partial charge in [0.05, 0.1) is 11.6 Å². The lowest BCUT2D eigenvalue weighted by Gasteiger charge is -2.14. The molecular weight excluding hydrogens is 407 g/mol. The molecule has 0 saturated carbocycles. The zero-order valence-corrected chi connectivity index (χ0v) is 17.2. The van der Waals surface area contributed by atoms with Gasteiger partial charge in [-0.15, -0.1) is 0 Å². The van der Waals surface area contributed by atoms with Gasteiger partial charge < -0.3 is 10.1 Å². The van der Waals surface area contributed by atoms with Gasteiger partial charge >= 0.3 is 0 Å². The lowest BCUT2D eigenvalue weighted by molar-refractivity contribution is 0.0952. The number of unbranched alkanes of at least 4 members (excludes halogenated alkanes) is 1. The van der Waals surface area contributed by atoms with Gasteiger partial charge in [-0.05, 0) is 55.3 Å². The molecule has 1 N–H and O–H groups in total. The fourth-order valence-electron chi connectivity index (χ4n) is 2.29. The topological polar surface area (TPSA) is 75.7 Å². The molecule has 1 amide bonds. The summed E-state index contributed by atoms with van der Waals surface area (Å²) in [5, 5.41) is 2.80. The van der Waals surface area contributed by atoms with Crippen LogP contribution in [0, 0.1) is 5.82 Å². The summed E-state index contributed by atoms with van der Waals surface area (Å²) in [6.07, 6.45) is 1.36.